The maximum absolute atomic E-state index is 13.5. The first kappa shape index (κ1) is 24.5. The lowest BCUT2D eigenvalue weighted by molar-refractivity contribution is -0.141. The molecule has 1 unspecified atom stereocenters. The summed E-state index contributed by atoms with van der Waals surface area (Å²) in [4.78, 5) is 40.9. The summed E-state index contributed by atoms with van der Waals surface area (Å²) in [6.07, 6.45) is 2.92. The van der Waals surface area contributed by atoms with E-state index in [1.165, 1.54) is 23.5 Å². The SMILES string of the molecule is Cc1ccc(C(C(=O)NCc2ccco2)N(Cc2ccccc2)C(=O)CNC(=O)c2ccco2)cc1. The third-order valence-electron chi connectivity index (χ3n) is 5.63. The van der Waals surface area contributed by atoms with Gasteiger partial charge in [-0.1, -0.05) is 60.2 Å². The fraction of sp³-hybridized carbons (Fsp3) is 0.179. The first-order valence-corrected chi connectivity index (χ1v) is 11.5. The second-order valence-corrected chi connectivity index (χ2v) is 8.28. The Balaban J connectivity index is 1.62. The Kier molecular flexibility index (Phi) is 7.97. The Morgan fingerprint density at radius 3 is 2.22 bits per heavy atom. The number of benzene rings is 2. The Morgan fingerprint density at radius 1 is 0.833 bits per heavy atom. The van der Waals surface area contributed by atoms with Crippen LogP contribution in [0.1, 0.15) is 39.0 Å². The van der Waals surface area contributed by atoms with E-state index in [9.17, 15) is 14.4 Å². The number of hydrogen-bond acceptors (Lipinski definition) is 5. The van der Waals surface area contributed by atoms with Gasteiger partial charge in [-0.05, 0) is 42.3 Å². The van der Waals surface area contributed by atoms with Gasteiger partial charge >= 0.3 is 0 Å². The molecule has 2 N–H and O–H groups in total. The van der Waals surface area contributed by atoms with E-state index in [4.69, 9.17) is 8.83 Å². The van der Waals surface area contributed by atoms with Gasteiger partial charge in [0.25, 0.3) is 5.91 Å². The molecule has 0 bridgehead atoms. The summed E-state index contributed by atoms with van der Waals surface area (Å²) in [5.74, 6) is -0.599. The van der Waals surface area contributed by atoms with Gasteiger partial charge in [0.1, 0.15) is 11.8 Å². The molecule has 1 atom stereocenters. The van der Waals surface area contributed by atoms with Crippen LogP contribution in [0.25, 0.3) is 0 Å². The van der Waals surface area contributed by atoms with E-state index in [1.54, 1.807) is 18.2 Å². The predicted octanol–water partition coefficient (Wildman–Crippen LogP) is 4.00. The molecule has 0 fully saturated rings. The lowest BCUT2D eigenvalue weighted by Gasteiger charge is -2.31. The summed E-state index contributed by atoms with van der Waals surface area (Å²) in [5.41, 5.74) is 2.53. The molecule has 0 saturated heterocycles. The third-order valence-corrected chi connectivity index (χ3v) is 5.63. The second kappa shape index (κ2) is 11.7. The van der Waals surface area contributed by atoms with Gasteiger partial charge in [0.05, 0.1) is 25.6 Å². The summed E-state index contributed by atoms with van der Waals surface area (Å²) in [5, 5.41) is 5.47. The number of aryl methyl sites for hydroxylation is 1. The number of carbonyl (C=O) groups excluding carboxylic acids is 3. The molecule has 0 spiro atoms. The number of nitrogens with one attached hydrogen (secondary N) is 2. The van der Waals surface area contributed by atoms with Gasteiger partial charge in [0, 0.05) is 6.54 Å². The number of rotatable bonds is 10. The van der Waals surface area contributed by atoms with Crippen molar-refractivity contribution in [1.29, 1.82) is 0 Å². The molecule has 4 aromatic rings. The number of hydrogen-bond donors (Lipinski definition) is 2. The molecule has 3 amide bonds. The van der Waals surface area contributed by atoms with Gasteiger partial charge < -0.3 is 24.4 Å². The van der Waals surface area contributed by atoms with Crippen LogP contribution in [0.2, 0.25) is 0 Å². The Bertz CT molecular complexity index is 1270. The molecule has 0 aliphatic rings. The maximum Gasteiger partial charge on any atom is 0.287 e. The minimum Gasteiger partial charge on any atom is -0.467 e. The first-order chi connectivity index (χ1) is 17.5. The van der Waals surface area contributed by atoms with Gasteiger partial charge in [0.15, 0.2) is 5.76 Å². The van der Waals surface area contributed by atoms with Crippen LogP contribution in [0, 0.1) is 6.92 Å². The molecule has 2 aromatic heterocycles. The van der Waals surface area contributed by atoms with Crippen molar-refractivity contribution in [3.8, 4) is 0 Å². The average Bonchev–Trinajstić information content (AvgIpc) is 3.62. The van der Waals surface area contributed by atoms with Crippen molar-refractivity contribution < 1.29 is 23.2 Å². The minimum atomic E-state index is -0.936. The summed E-state index contributed by atoms with van der Waals surface area (Å²) >= 11 is 0. The standard InChI is InChI=1S/C28H27N3O5/c1-20-11-13-22(14-12-20)26(28(34)29-17-23-9-5-15-35-23)31(19-21-7-3-2-4-8-21)25(32)18-30-27(33)24-10-6-16-36-24/h2-16,26H,17-19H2,1H3,(H,29,34)(H,30,33). The molecule has 0 saturated carbocycles. The molecule has 184 valence electrons. The maximum atomic E-state index is 13.5. The highest BCUT2D eigenvalue weighted by Gasteiger charge is 2.32. The minimum absolute atomic E-state index is 0.101. The zero-order chi connectivity index (χ0) is 25.3. The lowest BCUT2D eigenvalue weighted by atomic mass is 10.0. The predicted molar refractivity (Wildman–Crippen MR) is 133 cm³/mol. The highest BCUT2D eigenvalue weighted by Crippen LogP contribution is 2.25. The van der Waals surface area contributed by atoms with Crippen LogP contribution in [-0.4, -0.2) is 29.2 Å². The van der Waals surface area contributed by atoms with Crippen molar-refractivity contribution in [2.24, 2.45) is 0 Å². The molecule has 0 radical (unpaired) electrons. The van der Waals surface area contributed by atoms with Crippen LogP contribution in [0.4, 0.5) is 0 Å². The van der Waals surface area contributed by atoms with Crippen molar-refractivity contribution >= 4 is 17.7 Å². The molecule has 8 heteroatoms. The van der Waals surface area contributed by atoms with E-state index in [0.29, 0.717) is 11.3 Å². The van der Waals surface area contributed by atoms with E-state index < -0.39 is 17.9 Å². The quantitative estimate of drug-likeness (QED) is 0.353. The highest BCUT2D eigenvalue weighted by atomic mass is 16.3. The van der Waals surface area contributed by atoms with Crippen molar-refractivity contribution in [1.82, 2.24) is 15.5 Å². The van der Waals surface area contributed by atoms with Gasteiger partial charge in [-0.3, -0.25) is 14.4 Å². The number of nitrogens with zero attached hydrogens (tertiary/aromatic N) is 1. The molecule has 36 heavy (non-hydrogen) atoms. The van der Waals surface area contributed by atoms with E-state index in [-0.39, 0.29) is 31.3 Å². The summed E-state index contributed by atoms with van der Waals surface area (Å²) in [6, 6.07) is 22.5. The molecule has 0 aliphatic heterocycles. The van der Waals surface area contributed by atoms with Gasteiger partial charge in [-0.2, -0.15) is 0 Å². The number of furan rings is 2. The second-order valence-electron chi connectivity index (χ2n) is 8.28. The summed E-state index contributed by atoms with van der Waals surface area (Å²) in [6.45, 7) is 1.99. The van der Waals surface area contributed by atoms with Crippen LogP contribution in [0.15, 0.2) is 100 Å². The van der Waals surface area contributed by atoms with Crippen LogP contribution >= 0.6 is 0 Å². The smallest absolute Gasteiger partial charge is 0.287 e. The molecular formula is C28H27N3O5. The fourth-order valence-corrected chi connectivity index (χ4v) is 3.76. The van der Waals surface area contributed by atoms with Crippen molar-refractivity contribution in [2.45, 2.75) is 26.1 Å². The number of carbonyl (C=O) groups is 3. The first-order valence-electron chi connectivity index (χ1n) is 11.5. The van der Waals surface area contributed by atoms with Crippen LogP contribution in [0.5, 0.6) is 0 Å². The van der Waals surface area contributed by atoms with Gasteiger partial charge in [-0.15, -0.1) is 0 Å². The van der Waals surface area contributed by atoms with Crippen LogP contribution in [-0.2, 0) is 22.7 Å². The van der Waals surface area contributed by atoms with E-state index >= 15 is 0 Å². The Hall–Kier alpha value is -4.59. The monoisotopic (exact) mass is 485 g/mol. The van der Waals surface area contributed by atoms with Crippen molar-refractivity contribution in [2.75, 3.05) is 6.54 Å². The summed E-state index contributed by atoms with van der Waals surface area (Å²) in [7, 11) is 0. The normalized spacial score (nSPS) is 11.5. The molecular weight excluding hydrogens is 458 g/mol. The Labute approximate surface area is 208 Å². The fourth-order valence-electron chi connectivity index (χ4n) is 3.76. The molecule has 8 nitrogen and oxygen atoms in total. The van der Waals surface area contributed by atoms with E-state index in [1.807, 2.05) is 61.5 Å². The van der Waals surface area contributed by atoms with E-state index in [0.717, 1.165) is 11.1 Å². The topological polar surface area (TPSA) is 105 Å². The van der Waals surface area contributed by atoms with Crippen LogP contribution < -0.4 is 10.6 Å². The average molecular weight is 486 g/mol. The molecule has 4 rings (SSSR count). The third kappa shape index (κ3) is 6.29. The van der Waals surface area contributed by atoms with Crippen molar-refractivity contribution in [3.63, 3.8) is 0 Å². The zero-order valence-electron chi connectivity index (χ0n) is 19.8. The molecule has 2 heterocycles. The van der Waals surface area contributed by atoms with Crippen molar-refractivity contribution in [3.05, 3.63) is 120 Å². The van der Waals surface area contributed by atoms with Gasteiger partial charge in [-0.25, -0.2) is 0 Å². The lowest BCUT2D eigenvalue weighted by Crippen LogP contribution is -2.46. The Morgan fingerprint density at radius 2 is 1.56 bits per heavy atom. The molecule has 2 aromatic carbocycles. The van der Waals surface area contributed by atoms with Crippen LogP contribution in [0.3, 0.4) is 0 Å². The number of amides is 3. The van der Waals surface area contributed by atoms with Gasteiger partial charge in [0.2, 0.25) is 11.8 Å². The summed E-state index contributed by atoms with van der Waals surface area (Å²) < 4.78 is 10.4. The van der Waals surface area contributed by atoms with E-state index in [2.05, 4.69) is 10.6 Å². The highest BCUT2D eigenvalue weighted by molar-refractivity contribution is 5.95. The molecule has 0 aliphatic carbocycles. The zero-order valence-corrected chi connectivity index (χ0v) is 19.8. The largest absolute Gasteiger partial charge is 0.467 e.